The molecule has 0 saturated carbocycles. The number of hydrogen-bond donors (Lipinski definition) is 0. The van der Waals surface area contributed by atoms with Gasteiger partial charge in [0.25, 0.3) is 0 Å². The Bertz CT molecular complexity index is 833. The molecule has 1 aromatic heterocycles. The van der Waals surface area contributed by atoms with Crippen LogP contribution in [0.1, 0.15) is 43.1 Å². The largest absolute Gasteiger partial charge is 0.478 e. The van der Waals surface area contributed by atoms with Crippen molar-refractivity contribution in [3.05, 3.63) is 39.7 Å². The lowest BCUT2D eigenvalue weighted by molar-refractivity contribution is -0.150. The van der Waals surface area contributed by atoms with E-state index < -0.39 is 17.7 Å². The van der Waals surface area contributed by atoms with Crippen LogP contribution in [0.25, 0.3) is 11.0 Å². The molecule has 6 heteroatoms. The van der Waals surface area contributed by atoms with E-state index in [0.717, 1.165) is 0 Å². The minimum atomic E-state index is -0.887. The first-order valence-electron chi connectivity index (χ1n) is 7.83. The normalized spacial score (nSPS) is 12.0. The van der Waals surface area contributed by atoms with Crippen LogP contribution in [-0.4, -0.2) is 24.5 Å². The fraction of sp³-hybridized carbons (Fsp3) is 0.389. The van der Waals surface area contributed by atoms with Crippen LogP contribution >= 0.6 is 0 Å². The topological polar surface area (TPSA) is 82.8 Å². The van der Waals surface area contributed by atoms with Gasteiger partial charge in [0.15, 0.2) is 17.5 Å². The van der Waals surface area contributed by atoms with Crippen molar-refractivity contribution in [2.45, 2.75) is 40.2 Å². The average Bonchev–Trinajstić information content (AvgIpc) is 2.53. The summed E-state index contributed by atoms with van der Waals surface area (Å²) in [4.78, 5) is 35.9. The number of rotatable bonds is 6. The molecular formula is C18H20O6. The second-order valence-corrected chi connectivity index (χ2v) is 5.35. The number of benzene rings is 1. The summed E-state index contributed by atoms with van der Waals surface area (Å²) < 4.78 is 15.8. The van der Waals surface area contributed by atoms with Gasteiger partial charge in [-0.25, -0.2) is 9.59 Å². The lowest BCUT2D eigenvalue weighted by Crippen LogP contribution is -2.26. The Morgan fingerprint density at radius 2 is 1.96 bits per heavy atom. The molecule has 0 saturated heterocycles. The van der Waals surface area contributed by atoms with Crippen molar-refractivity contribution in [2.75, 3.05) is 6.61 Å². The quantitative estimate of drug-likeness (QED) is 0.459. The molecule has 128 valence electrons. The van der Waals surface area contributed by atoms with Crippen molar-refractivity contribution in [2.24, 2.45) is 0 Å². The first-order chi connectivity index (χ1) is 11.4. The van der Waals surface area contributed by atoms with E-state index in [2.05, 4.69) is 0 Å². The van der Waals surface area contributed by atoms with E-state index in [-0.39, 0.29) is 35.7 Å². The summed E-state index contributed by atoms with van der Waals surface area (Å²) in [5.41, 5.74) is 0.518. The fourth-order valence-corrected chi connectivity index (χ4v) is 2.40. The molecule has 2 rings (SSSR count). The van der Waals surface area contributed by atoms with E-state index in [1.165, 1.54) is 13.0 Å². The van der Waals surface area contributed by atoms with Crippen molar-refractivity contribution in [1.82, 2.24) is 0 Å². The third-order valence-corrected chi connectivity index (χ3v) is 3.60. The maximum atomic E-state index is 12.4. The van der Waals surface area contributed by atoms with Crippen LogP contribution in [0, 0.1) is 6.92 Å². The number of ether oxygens (including phenoxy) is 2. The molecule has 1 atom stereocenters. The Morgan fingerprint density at radius 1 is 1.25 bits per heavy atom. The molecule has 0 N–H and O–H groups in total. The zero-order valence-electron chi connectivity index (χ0n) is 14.2. The summed E-state index contributed by atoms with van der Waals surface area (Å²) >= 11 is 0. The molecule has 0 aliphatic heterocycles. The predicted molar refractivity (Wildman–Crippen MR) is 88.6 cm³/mol. The van der Waals surface area contributed by atoms with Crippen LogP contribution in [0.4, 0.5) is 0 Å². The Labute approximate surface area is 139 Å². The summed E-state index contributed by atoms with van der Waals surface area (Å²) in [5, 5.41) is 0.655. The summed E-state index contributed by atoms with van der Waals surface area (Å²) in [6.07, 6.45) is -0.677. The number of fused-ring (bicyclic) bond motifs is 1. The summed E-state index contributed by atoms with van der Waals surface area (Å²) in [5.74, 6) is -0.567. The zero-order valence-corrected chi connectivity index (χ0v) is 14.2. The van der Waals surface area contributed by atoms with E-state index in [4.69, 9.17) is 13.9 Å². The Morgan fingerprint density at radius 3 is 2.58 bits per heavy atom. The van der Waals surface area contributed by atoms with Gasteiger partial charge < -0.3 is 13.9 Å². The zero-order chi connectivity index (χ0) is 17.9. The first kappa shape index (κ1) is 17.7. The van der Waals surface area contributed by atoms with Gasteiger partial charge in [0.2, 0.25) is 0 Å². The van der Waals surface area contributed by atoms with E-state index >= 15 is 0 Å². The molecule has 0 aliphatic carbocycles. The van der Waals surface area contributed by atoms with E-state index in [1.54, 1.807) is 32.9 Å². The Balaban J connectivity index is 2.60. The van der Waals surface area contributed by atoms with Gasteiger partial charge >= 0.3 is 11.6 Å². The highest BCUT2D eigenvalue weighted by molar-refractivity contribution is 6.08. The van der Waals surface area contributed by atoms with E-state index in [1.807, 2.05) is 0 Å². The molecule has 0 fully saturated rings. The number of esters is 1. The van der Waals surface area contributed by atoms with Crippen LogP contribution < -0.4 is 10.4 Å². The standard InChI is InChI=1S/C18H20O6/c1-5-13(19)16-14(23-11(4)18(21)22-6-2)8-7-12-10(3)9-15(20)24-17(12)16/h7-9,11H,5-6H2,1-4H3/t11-/m0/s1. The van der Waals surface area contributed by atoms with Crippen LogP contribution in [0.5, 0.6) is 5.75 Å². The van der Waals surface area contributed by atoms with Crippen LogP contribution in [0.3, 0.4) is 0 Å². The minimum Gasteiger partial charge on any atom is -0.478 e. The average molecular weight is 332 g/mol. The number of carbonyl (C=O) groups excluding carboxylic acids is 2. The predicted octanol–water partition coefficient (Wildman–Crippen LogP) is 3.02. The second kappa shape index (κ2) is 7.29. The molecule has 1 heterocycles. The van der Waals surface area contributed by atoms with Gasteiger partial charge in [-0.15, -0.1) is 0 Å². The van der Waals surface area contributed by atoms with Gasteiger partial charge in [-0.3, -0.25) is 4.79 Å². The first-order valence-corrected chi connectivity index (χ1v) is 7.83. The molecule has 2 aromatic rings. The molecular weight excluding hydrogens is 312 g/mol. The molecule has 0 spiro atoms. The fourth-order valence-electron chi connectivity index (χ4n) is 2.40. The second-order valence-electron chi connectivity index (χ2n) is 5.35. The van der Waals surface area contributed by atoms with Crippen molar-refractivity contribution >= 4 is 22.7 Å². The van der Waals surface area contributed by atoms with Crippen LogP contribution in [0.2, 0.25) is 0 Å². The number of aryl methyl sites for hydroxylation is 1. The summed E-state index contributed by atoms with van der Waals surface area (Å²) in [6.45, 7) is 6.94. The highest BCUT2D eigenvalue weighted by atomic mass is 16.6. The highest BCUT2D eigenvalue weighted by Crippen LogP contribution is 2.31. The molecule has 0 aliphatic rings. The summed E-state index contributed by atoms with van der Waals surface area (Å²) in [7, 11) is 0. The van der Waals surface area contributed by atoms with Gasteiger partial charge in [0.05, 0.1) is 6.61 Å². The monoisotopic (exact) mass is 332 g/mol. The number of ketones is 1. The van der Waals surface area contributed by atoms with Gasteiger partial charge in [-0.2, -0.15) is 0 Å². The maximum absolute atomic E-state index is 12.4. The van der Waals surface area contributed by atoms with Crippen LogP contribution in [0.15, 0.2) is 27.4 Å². The lowest BCUT2D eigenvalue weighted by atomic mass is 10.0. The number of Topliss-reactive ketones (excluding diaryl/α,β-unsaturated/α-hetero) is 1. The third kappa shape index (κ3) is 3.48. The Hall–Kier alpha value is -2.63. The van der Waals surface area contributed by atoms with Crippen molar-refractivity contribution in [3.63, 3.8) is 0 Å². The smallest absolute Gasteiger partial charge is 0.347 e. The minimum absolute atomic E-state index is 0.173. The van der Waals surface area contributed by atoms with Crippen LogP contribution in [-0.2, 0) is 9.53 Å². The molecule has 0 amide bonds. The van der Waals surface area contributed by atoms with Gasteiger partial charge in [0.1, 0.15) is 11.3 Å². The molecule has 24 heavy (non-hydrogen) atoms. The lowest BCUT2D eigenvalue weighted by Gasteiger charge is -2.17. The van der Waals surface area contributed by atoms with Crippen molar-refractivity contribution in [3.8, 4) is 5.75 Å². The van der Waals surface area contributed by atoms with E-state index in [0.29, 0.717) is 10.9 Å². The third-order valence-electron chi connectivity index (χ3n) is 3.60. The molecule has 1 aromatic carbocycles. The van der Waals surface area contributed by atoms with Gasteiger partial charge in [0, 0.05) is 17.9 Å². The van der Waals surface area contributed by atoms with Crippen molar-refractivity contribution < 1.29 is 23.5 Å². The molecule has 0 radical (unpaired) electrons. The molecule has 6 nitrogen and oxygen atoms in total. The SMILES string of the molecule is CCOC(=O)[C@H](C)Oc1ccc2c(C)cc(=O)oc2c1C(=O)CC. The molecule has 0 unspecified atom stereocenters. The maximum Gasteiger partial charge on any atom is 0.347 e. The molecule has 0 bridgehead atoms. The van der Waals surface area contributed by atoms with E-state index in [9.17, 15) is 14.4 Å². The highest BCUT2D eigenvalue weighted by Gasteiger charge is 2.23. The Kier molecular flexibility index (Phi) is 5.39. The summed E-state index contributed by atoms with van der Waals surface area (Å²) in [6, 6.07) is 4.67. The number of hydrogen-bond acceptors (Lipinski definition) is 6. The van der Waals surface area contributed by atoms with Crippen molar-refractivity contribution in [1.29, 1.82) is 0 Å². The van der Waals surface area contributed by atoms with Gasteiger partial charge in [-0.1, -0.05) is 6.92 Å². The van der Waals surface area contributed by atoms with Gasteiger partial charge in [-0.05, 0) is 38.5 Å². The number of carbonyl (C=O) groups is 2.